The third-order valence-corrected chi connectivity index (χ3v) is 6.81. The molecule has 0 spiro atoms. The van der Waals surface area contributed by atoms with E-state index >= 15 is 0 Å². The molecule has 1 heterocycles. The van der Waals surface area contributed by atoms with E-state index in [-0.39, 0.29) is 10.8 Å². The number of hydrogen-bond acceptors (Lipinski definition) is 5. The molecule has 0 radical (unpaired) electrons. The van der Waals surface area contributed by atoms with Crippen LogP contribution >= 0.6 is 0 Å². The van der Waals surface area contributed by atoms with E-state index in [1.54, 1.807) is 43.4 Å². The molecule has 170 valence electrons. The number of carbonyl (C=O) groups is 1. The van der Waals surface area contributed by atoms with Gasteiger partial charge in [-0.1, -0.05) is 36.4 Å². The second-order valence-corrected chi connectivity index (χ2v) is 9.77. The second kappa shape index (κ2) is 9.11. The van der Waals surface area contributed by atoms with Crippen molar-refractivity contribution >= 4 is 26.9 Å². The Kier molecular flexibility index (Phi) is 6.24. The molecule has 0 unspecified atom stereocenters. The molecule has 0 bridgehead atoms. The van der Waals surface area contributed by atoms with E-state index in [1.807, 2.05) is 48.6 Å². The molecule has 2 aliphatic rings. The Morgan fingerprint density at radius 1 is 0.909 bits per heavy atom. The summed E-state index contributed by atoms with van der Waals surface area (Å²) in [5, 5.41) is 0. The lowest BCUT2D eigenvalue weighted by molar-refractivity contribution is -0.122. The van der Waals surface area contributed by atoms with Crippen molar-refractivity contribution in [1.82, 2.24) is 4.90 Å². The summed E-state index contributed by atoms with van der Waals surface area (Å²) < 4.78 is 34.6. The summed E-state index contributed by atoms with van der Waals surface area (Å²) in [7, 11) is -0.133. The van der Waals surface area contributed by atoms with Gasteiger partial charge in [0.15, 0.2) is 9.84 Å². The molecular weight excluding hydrogens is 438 g/mol. The highest BCUT2D eigenvalue weighted by Gasteiger charge is 2.35. The largest absolute Gasteiger partial charge is 0.497 e. The Balaban J connectivity index is 1.82. The third kappa shape index (κ3) is 4.50. The maximum absolute atomic E-state index is 13.7. The van der Waals surface area contributed by atoms with Crippen LogP contribution in [0.1, 0.15) is 17.5 Å². The summed E-state index contributed by atoms with van der Waals surface area (Å²) in [6.07, 6.45) is 9.61. The number of rotatable bonds is 6. The molecule has 0 fully saturated rings. The van der Waals surface area contributed by atoms with Crippen LogP contribution in [-0.4, -0.2) is 46.2 Å². The lowest BCUT2D eigenvalue weighted by Crippen LogP contribution is -2.27. The molecule has 0 atom stereocenters. The molecule has 0 saturated carbocycles. The molecule has 4 rings (SSSR count). The molecule has 1 amide bonds. The fraction of sp³-hybridized carbons (Fsp3) is 0.192. The number of amides is 1. The minimum Gasteiger partial charge on any atom is -0.497 e. The number of sulfone groups is 1. The molecule has 7 heteroatoms. The van der Waals surface area contributed by atoms with E-state index in [0.29, 0.717) is 35.7 Å². The molecule has 2 aromatic carbocycles. The minimum atomic E-state index is -3.32. The van der Waals surface area contributed by atoms with E-state index in [0.717, 1.165) is 16.7 Å². The molecule has 6 nitrogen and oxygen atoms in total. The van der Waals surface area contributed by atoms with Gasteiger partial charge in [-0.15, -0.1) is 0 Å². The molecule has 0 saturated heterocycles. The van der Waals surface area contributed by atoms with Crippen molar-refractivity contribution in [2.75, 3.05) is 27.0 Å². The number of nitrogens with zero attached hydrogens (tertiary/aromatic N) is 1. The van der Waals surface area contributed by atoms with Crippen LogP contribution in [0.25, 0.3) is 11.1 Å². The van der Waals surface area contributed by atoms with Gasteiger partial charge in [0, 0.05) is 6.26 Å². The standard InChI is InChI=1S/C26H25NO5S/c1-31-20-13-9-19(10-14-20)25-22(18-11-15-21(16-12-18)33(3,29)30)17-27(26(25)28)23-7-5-4-6-8-24(23)32-2/h4-5,7-16H,6,17H2,1-3H3. The number of methoxy groups -OCH3 is 2. The van der Waals surface area contributed by atoms with Crippen LogP contribution in [0.2, 0.25) is 0 Å². The molecular formula is C26H25NO5S. The Hall–Kier alpha value is -3.58. The molecule has 1 aliphatic carbocycles. The molecule has 0 N–H and O–H groups in total. The van der Waals surface area contributed by atoms with Gasteiger partial charge in [0.2, 0.25) is 0 Å². The maximum atomic E-state index is 13.7. The topological polar surface area (TPSA) is 72.9 Å². The van der Waals surface area contributed by atoms with Gasteiger partial charge < -0.3 is 14.4 Å². The average molecular weight is 464 g/mol. The smallest absolute Gasteiger partial charge is 0.259 e. The predicted octanol–water partition coefficient (Wildman–Crippen LogP) is 4.23. The van der Waals surface area contributed by atoms with Gasteiger partial charge >= 0.3 is 0 Å². The quantitative estimate of drug-likeness (QED) is 0.641. The zero-order chi connectivity index (χ0) is 23.6. The van der Waals surface area contributed by atoms with Crippen LogP contribution in [0.4, 0.5) is 0 Å². The van der Waals surface area contributed by atoms with Gasteiger partial charge in [-0.05, 0) is 59.5 Å². The number of carbonyl (C=O) groups excluding carboxylic acids is 1. The average Bonchev–Trinajstić information content (AvgIpc) is 2.99. The van der Waals surface area contributed by atoms with Crippen molar-refractivity contribution in [1.29, 1.82) is 0 Å². The van der Waals surface area contributed by atoms with Crippen LogP contribution in [0.3, 0.4) is 0 Å². The first-order valence-electron chi connectivity index (χ1n) is 10.4. The first-order valence-corrected chi connectivity index (χ1v) is 12.3. The van der Waals surface area contributed by atoms with Crippen LogP contribution in [0, 0.1) is 0 Å². The van der Waals surface area contributed by atoms with E-state index < -0.39 is 9.84 Å². The van der Waals surface area contributed by atoms with Gasteiger partial charge in [-0.25, -0.2) is 8.42 Å². The Bertz CT molecular complexity index is 1300. The van der Waals surface area contributed by atoms with Gasteiger partial charge in [0.25, 0.3) is 5.91 Å². The zero-order valence-electron chi connectivity index (χ0n) is 18.7. The highest BCUT2D eigenvalue weighted by Crippen LogP contribution is 2.38. The van der Waals surface area contributed by atoms with E-state index in [4.69, 9.17) is 9.47 Å². The lowest BCUT2D eigenvalue weighted by atomic mass is 9.97. The summed E-state index contributed by atoms with van der Waals surface area (Å²) >= 11 is 0. The maximum Gasteiger partial charge on any atom is 0.259 e. The first kappa shape index (κ1) is 22.6. The lowest BCUT2D eigenvalue weighted by Gasteiger charge is -2.22. The molecule has 0 aromatic heterocycles. The molecule has 33 heavy (non-hydrogen) atoms. The SMILES string of the molecule is COC1=CCC=CC=C1N1CC(c2ccc(S(C)(=O)=O)cc2)=C(c2ccc(OC)cc2)C1=O. The van der Waals surface area contributed by atoms with Crippen molar-refractivity contribution in [3.05, 3.63) is 95.4 Å². The van der Waals surface area contributed by atoms with E-state index in [9.17, 15) is 13.2 Å². The monoisotopic (exact) mass is 463 g/mol. The summed E-state index contributed by atoms with van der Waals surface area (Å²) in [5.41, 5.74) is 3.61. The van der Waals surface area contributed by atoms with Gasteiger partial charge in [0.05, 0.1) is 36.9 Å². The second-order valence-electron chi connectivity index (χ2n) is 7.76. The third-order valence-electron chi connectivity index (χ3n) is 5.68. The van der Waals surface area contributed by atoms with Crippen molar-refractivity contribution in [3.63, 3.8) is 0 Å². The molecule has 2 aromatic rings. The normalized spacial score (nSPS) is 16.5. The van der Waals surface area contributed by atoms with Crippen LogP contribution in [0.15, 0.2) is 89.2 Å². The Morgan fingerprint density at radius 3 is 2.18 bits per heavy atom. The predicted molar refractivity (Wildman–Crippen MR) is 128 cm³/mol. The molecule has 1 aliphatic heterocycles. The fourth-order valence-electron chi connectivity index (χ4n) is 3.97. The zero-order valence-corrected chi connectivity index (χ0v) is 19.6. The number of ether oxygens (including phenoxy) is 2. The Labute approximate surface area is 194 Å². The fourth-order valence-corrected chi connectivity index (χ4v) is 4.60. The Morgan fingerprint density at radius 2 is 1.58 bits per heavy atom. The van der Waals surface area contributed by atoms with Crippen molar-refractivity contribution in [2.24, 2.45) is 0 Å². The summed E-state index contributed by atoms with van der Waals surface area (Å²) in [5.74, 6) is 1.19. The van der Waals surface area contributed by atoms with Crippen molar-refractivity contribution in [3.8, 4) is 5.75 Å². The summed E-state index contributed by atoms with van der Waals surface area (Å²) in [6.45, 7) is 0.332. The minimum absolute atomic E-state index is 0.146. The number of allylic oxidation sites excluding steroid dienone is 4. The van der Waals surface area contributed by atoms with Crippen LogP contribution in [0.5, 0.6) is 5.75 Å². The summed E-state index contributed by atoms with van der Waals surface area (Å²) in [6, 6.07) is 14.0. The van der Waals surface area contributed by atoms with Gasteiger partial charge in [0.1, 0.15) is 11.5 Å². The van der Waals surface area contributed by atoms with Crippen LogP contribution < -0.4 is 4.74 Å². The van der Waals surface area contributed by atoms with Gasteiger partial charge in [-0.3, -0.25) is 4.79 Å². The highest BCUT2D eigenvalue weighted by molar-refractivity contribution is 7.90. The number of hydrogen-bond donors (Lipinski definition) is 0. The number of benzene rings is 2. The van der Waals surface area contributed by atoms with Crippen molar-refractivity contribution < 1.29 is 22.7 Å². The first-order chi connectivity index (χ1) is 15.8. The van der Waals surface area contributed by atoms with E-state index in [1.165, 1.54) is 6.26 Å². The summed E-state index contributed by atoms with van der Waals surface area (Å²) in [4.78, 5) is 15.7. The highest BCUT2D eigenvalue weighted by atomic mass is 32.2. The van der Waals surface area contributed by atoms with Gasteiger partial charge in [-0.2, -0.15) is 0 Å². The van der Waals surface area contributed by atoms with Crippen LogP contribution in [-0.2, 0) is 19.4 Å². The van der Waals surface area contributed by atoms with Crippen molar-refractivity contribution in [2.45, 2.75) is 11.3 Å². The van der Waals surface area contributed by atoms with E-state index in [2.05, 4.69) is 0 Å².